The van der Waals surface area contributed by atoms with Crippen LogP contribution in [0.15, 0.2) is 53.5 Å². The average molecular weight is 389 g/mol. The fourth-order valence-electron chi connectivity index (χ4n) is 2.47. The third kappa shape index (κ3) is 7.58. The molecule has 0 aliphatic carbocycles. The van der Waals surface area contributed by atoms with E-state index < -0.39 is 5.91 Å². The number of aliphatic imine (C=N–C) groups is 1. The van der Waals surface area contributed by atoms with Gasteiger partial charge in [0.15, 0.2) is 12.6 Å². The highest BCUT2D eigenvalue weighted by atomic mass is 35.5. The molecule has 1 amide bonds. The van der Waals surface area contributed by atoms with E-state index >= 15 is 0 Å². The third-order valence-electron chi connectivity index (χ3n) is 3.88. The zero-order chi connectivity index (χ0) is 19.5. The van der Waals surface area contributed by atoms with Crippen LogP contribution in [0.4, 0.5) is 0 Å². The minimum Gasteiger partial charge on any atom is -0.484 e. The molecule has 0 atom stereocenters. The number of primary amides is 1. The largest absolute Gasteiger partial charge is 0.484 e. The van der Waals surface area contributed by atoms with E-state index in [1.165, 1.54) is 0 Å². The number of nitrogens with one attached hydrogen (secondary N) is 2. The standard InChI is InChI=1S/C20H25ClN4O2/c1-23-20(25-13-11-16-4-2-3-5-18(16)21)24-12-10-15-6-8-17(9-7-15)27-14-19(22)26/h2-9H,10-14H2,1H3,(H2,22,26)(H2,23,24,25). The first-order valence-electron chi connectivity index (χ1n) is 8.76. The van der Waals surface area contributed by atoms with Gasteiger partial charge in [-0.1, -0.05) is 41.9 Å². The maximum atomic E-state index is 10.7. The Hall–Kier alpha value is -2.73. The molecule has 0 fully saturated rings. The van der Waals surface area contributed by atoms with Crippen molar-refractivity contribution >= 4 is 23.5 Å². The maximum Gasteiger partial charge on any atom is 0.255 e. The van der Waals surface area contributed by atoms with E-state index in [-0.39, 0.29) is 6.61 Å². The molecule has 0 saturated heterocycles. The van der Waals surface area contributed by atoms with Crippen LogP contribution in [0.25, 0.3) is 0 Å². The molecule has 0 aromatic heterocycles. The molecule has 27 heavy (non-hydrogen) atoms. The Balaban J connectivity index is 1.70. The van der Waals surface area contributed by atoms with Crippen molar-refractivity contribution in [2.75, 3.05) is 26.7 Å². The van der Waals surface area contributed by atoms with Crippen molar-refractivity contribution in [1.29, 1.82) is 0 Å². The molecule has 0 spiro atoms. The number of nitrogens with two attached hydrogens (primary N) is 1. The van der Waals surface area contributed by atoms with Crippen LogP contribution in [0, 0.1) is 0 Å². The molecule has 2 aromatic rings. The van der Waals surface area contributed by atoms with Crippen LogP contribution in [0.5, 0.6) is 5.75 Å². The average Bonchev–Trinajstić information content (AvgIpc) is 2.67. The van der Waals surface area contributed by atoms with Crippen LogP contribution in [0.1, 0.15) is 11.1 Å². The highest BCUT2D eigenvalue weighted by Crippen LogP contribution is 2.15. The minimum atomic E-state index is -0.489. The first-order chi connectivity index (χ1) is 13.1. The van der Waals surface area contributed by atoms with Crippen LogP contribution >= 0.6 is 11.6 Å². The number of hydrogen-bond donors (Lipinski definition) is 3. The summed E-state index contributed by atoms with van der Waals surface area (Å²) in [7, 11) is 1.75. The molecular weight excluding hydrogens is 364 g/mol. The van der Waals surface area contributed by atoms with Crippen molar-refractivity contribution in [3.8, 4) is 5.75 Å². The van der Waals surface area contributed by atoms with Crippen molar-refractivity contribution in [3.05, 3.63) is 64.7 Å². The molecule has 0 aliphatic rings. The predicted molar refractivity (Wildman–Crippen MR) is 109 cm³/mol. The molecule has 2 rings (SSSR count). The smallest absolute Gasteiger partial charge is 0.255 e. The van der Waals surface area contributed by atoms with Crippen LogP contribution in [-0.4, -0.2) is 38.6 Å². The fourth-order valence-corrected chi connectivity index (χ4v) is 2.70. The van der Waals surface area contributed by atoms with Crippen LogP contribution in [0.3, 0.4) is 0 Å². The highest BCUT2D eigenvalue weighted by Gasteiger charge is 2.02. The second-order valence-corrected chi connectivity index (χ2v) is 6.32. The number of nitrogens with zero attached hydrogens (tertiary/aromatic N) is 1. The molecular formula is C20H25ClN4O2. The van der Waals surface area contributed by atoms with Crippen LogP contribution in [-0.2, 0) is 17.6 Å². The van der Waals surface area contributed by atoms with E-state index in [9.17, 15) is 4.79 Å². The lowest BCUT2D eigenvalue weighted by atomic mass is 10.1. The van der Waals surface area contributed by atoms with Gasteiger partial charge in [0, 0.05) is 25.2 Å². The van der Waals surface area contributed by atoms with Gasteiger partial charge in [0.1, 0.15) is 5.75 Å². The topological polar surface area (TPSA) is 88.7 Å². The molecule has 0 aliphatic heterocycles. The molecule has 7 heteroatoms. The van der Waals surface area contributed by atoms with Gasteiger partial charge in [0.25, 0.3) is 5.91 Å². The van der Waals surface area contributed by atoms with E-state index in [1.54, 1.807) is 7.05 Å². The molecule has 4 N–H and O–H groups in total. The predicted octanol–water partition coefficient (Wildman–Crippen LogP) is 2.15. The SMILES string of the molecule is CN=C(NCCc1ccc(OCC(N)=O)cc1)NCCc1ccccc1Cl. The van der Waals surface area contributed by atoms with Gasteiger partial charge in [-0.3, -0.25) is 9.79 Å². The van der Waals surface area contributed by atoms with E-state index in [4.69, 9.17) is 22.1 Å². The van der Waals surface area contributed by atoms with Crippen molar-refractivity contribution in [1.82, 2.24) is 10.6 Å². The van der Waals surface area contributed by atoms with Gasteiger partial charge in [-0.15, -0.1) is 0 Å². The zero-order valence-electron chi connectivity index (χ0n) is 15.4. The summed E-state index contributed by atoms with van der Waals surface area (Å²) in [4.78, 5) is 14.9. The molecule has 0 bridgehead atoms. The molecule has 144 valence electrons. The highest BCUT2D eigenvalue weighted by molar-refractivity contribution is 6.31. The first kappa shape index (κ1) is 20.6. The monoisotopic (exact) mass is 388 g/mol. The lowest BCUT2D eigenvalue weighted by molar-refractivity contribution is -0.119. The zero-order valence-corrected chi connectivity index (χ0v) is 16.1. The van der Waals surface area contributed by atoms with Crippen molar-refractivity contribution in [2.24, 2.45) is 10.7 Å². The summed E-state index contributed by atoms with van der Waals surface area (Å²) >= 11 is 6.17. The second kappa shape index (κ2) is 11.1. The number of rotatable bonds is 9. The number of amides is 1. The number of benzene rings is 2. The fraction of sp³-hybridized carbons (Fsp3) is 0.300. The molecule has 0 radical (unpaired) electrons. The van der Waals surface area contributed by atoms with E-state index in [2.05, 4.69) is 15.6 Å². The second-order valence-electron chi connectivity index (χ2n) is 5.92. The quantitative estimate of drug-likeness (QED) is 0.453. The Morgan fingerprint density at radius 1 is 1.07 bits per heavy atom. The van der Waals surface area contributed by atoms with Gasteiger partial charge in [0.2, 0.25) is 0 Å². The summed E-state index contributed by atoms with van der Waals surface area (Å²) < 4.78 is 5.24. The van der Waals surface area contributed by atoms with Crippen LogP contribution in [0.2, 0.25) is 5.02 Å². The lowest BCUT2D eigenvalue weighted by Gasteiger charge is -2.12. The summed E-state index contributed by atoms with van der Waals surface area (Å²) in [6, 6.07) is 15.4. The van der Waals surface area contributed by atoms with E-state index in [0.717, 1.165) is 48.0 Å². The normalized spacial score (nSPS) is 11.1. The molecule has 0 unspecified atom stereocenters. The number of halogens is 1. The van der Waals surface area contributed by atoms with Gasteiger partial charge in [-0.05, 0) is 42.2 Å². The number of ether oxygens (including phenoxy) is 1. The third-order valence-corrected chi connectivity index (χ3v) is 4.25. The number of hydrogen-bond acceptors (Lipinski definition) is 3. The van der Waals surface area contributed by atoms with Crippen LogP contribution < -0.4 is 21.1 Å². The Morgan fingerprint density at radius 2 is 1.74 bits per heavy atom. The number of carbonyl (C=O) groups excluding carboxylic acids is 1. The molecule has 0 heterocycles. The first-order valence-corrected chi connectivity index (χ1v) is 9.14. The van der Waals surface area contributed by atoms with Gasteiger partial charge in [-0.2, -0.15) is 0 Å². The van der Waals surface area contributed by atoms with Gasteiger partial charge in [0.05, 0.1) is 0 Å². The minimum absolute atomic E-state index is 0.114. The molecule has 0 saturated carbocycles. The van der Waals surface area contributed by atoms with Crippen molar-refractivity contribution < 1.29 is 9.53 Å². The Labute approximate surface area is 164 Å². The van der Waals surface area contributed by atoms with Gasteiger partial charge >= 0.3 is 0 Å². The van der Waals surface area contributed by atoms with Crippen molar-refractivity contribution in [2.45, 2.75) is 12.8 Å². The van der Waals surface area contributed by atoms with Gasteiger partial charge < -0.3 is 21.1 Å². The van der Waals surface area contributed by atoms with E-state index in [1.807, 2.05) is 48.5 Å². The summed E-state index contributed by atoms with van der Waals surface area (Å²) in [5, 5.41) is 7.35. The van der Waals surface area contributed by atoms with Gasteiger partial charge in [-0.25, -0.2) is 0 Å². The van der Waals surface area contributed by atoms with Crippen molar-refractivity contribution in [3.63, 3.8) is 0 Å². The molecule has 2 aromatic carbocycles. The lowest BCUT2D eigenvalue weighted by Crippen LogP contribution is -2.39. The number of guanidine groups is 1. The number of carbonyl (C=O) groups is 1. The van der Waals surface area contributed by atoms with E-state index in [0.29, 0.717) is 5.75 Å². The summed E-state index contributed by atoms with van der Waals surface area (Å²) in [5.74, 6) is 0.891. The Bertz CT molecular complexity index is 763. The summed E-state index contributed by atoms with van der Waals surface area (Å²) in [5.41, 5.74) is 7.32. The summed E-state index contributed by atoms with van der Waals surface area (Å²) in [6.07, 6.45) is 1.66. The Kier molecular flexibility index (Phi) is 8.45. The summed E-state index contributed by atoms with van der Waals surface area (Å²) in [6.45, 7) is 1.37. The maximum absolute atomic E-state index is 10.7. The Morgan fingerprint density at radius 3 is 2.37 bits per heavy atom. The molecule has 6 nitrogen and oxygen atoms in total.